The summed E-state index contributed by atoms with van der Waals surface area (Å²) in [7, 11) is 0. The number of nitrogen functional groups attached to an aromatic ring is 1. The van der Waals surface area contributed by atoms with Crippen LogP contribution in [0.25, 0.3) is 0 Å². The van der Waals surface area contributed by atoms with Gasteiger partial charge in [0.15, 0.2) is 0 Å². The highest BCUT2D eigenvalue weighted by molar-refractivity contribution is 8.00. The van der Waals surface area contributed by atoms with Crippen molar-refractivity contribution < 1.29 is 9.66 Å². The molecule has 0 spiro atoms. The fourth-order valence-corrected chi connectivity index (χ4v) is 4.42. The van der Waals surface area contributed by atoms with Crippen LogP contribution < -0.4 is 10.5 Å². The molecular formula is C18H19ClN2O3S. The highest BCUT2D eigenvalue weighted by Crippen LogP contribution is 2.44. The first-order valence-electron chi connectivity index (χ1n) is 8.21. The van der Waals surface area contributed by atoms with Crippen LogP contribution in [0.2, 0.25) is 5.02 Å². The van der Waals surface area contributed by atoms with Crippen LogP contribution >= 0.6 is 23.4 Å². The topological polar surface area (TPSA) is 78.4 Å². The molecule has 0 heterocycles. The lowest BCUT2D eigenvalue weighted by atomic mass is 10.0. The van der Waals surface area contributed by atoms with E-state index in [0.29, 0.717) is 21.8 Å². The van der Waals surface area contributed by atoms with Crippen LogP contribution in [0.5, 0.6) is 11.5 Å². The Labute approximate surface area is 155 Å². The Kier molecular flexibility index (Phi) is 5.71. The molecule has 0 unspecified atom stereocenters. The van der Waals surface area contributed by atoms with Crippen LogP contribution in [0.15, 0.2) is 41.3 Å². The molecule has 0 saturated heterocycles. The predicted molar refractivity (Wildman–Crippen MR) is 102 cm³/mol. The lowest BCUT2D eigenvalue weighted by molar-refractivity contribution is -0.384. The minimum absolute atomic E-state index is 0.148. The van der Waals surface area contributed by atoms with Crippen molar-refractivity contribution in [3.63, 3.8) is 0 Å². The molecule has 0 aliphatic heterocycles. The normalized spacial score (nSPS) is 15.1. The molecule has 0 radical (unpaired) electrons. The van der Waals surface area contributed by atoms with Crippen LogP contribution in [0, 0.1) is 10.1 Å². The van der Waals surface area contributed by atoms with E-state index in [9.17, 15) is 10.1 Å². The van der Waals surface area contributed by atoms with E-state index in [2.05, 4.69) is 0 Å². The first kappa shape index (κ1) is 17.9. The Bertz CT molecular complexity index is 779. The maximum Gasteiger partial charge on any atom is 0.295 e. The Balaban J connectivity index is 1.95. The van der Waals surface area contributed by atoms with Gasteiger partial charge in [0.05, 0.1) is 20.9 Å². The number of halogens is 1. The van der Waals surface area contributed by atoms with Gasteiger partial charge in [-0.2, -0.15) is 0 Å². The SMILES string of the molecule is Nc1cc(SC2CCCCC2)c(Oc2ccccc2Cl)cc1[N+](=O)[O-]. The summed E-state index contributed by atoms with van der Waals surface area (Å²) in [5, 5.41) is 12.2. The Morgan fingerprint density at radius 1 is 1.16 bits per heavy atom. The molecule has 132 valence electrons. The number of hydrogen-bond acceptors (Lipinski definition) is 5. The number of nitrogens with two attached hydrogens (primary N) is 1. The summed E-state index contributed by atoms with van der Waals surface area (Å²) in [5.74, 6) is 0.887. The summed E-state index contributed by atoms with van der Waals surface area (Å²) >= 11 is 7.84. The molecule has 0 atom stereocenters. The number of thioether (sulfide) groups is 1. The van der Waals surface area contributed by atoms with Gasteiger partial charge in [-0.1, -0.05) is 43.0 Å². The maximum atomic E-state index is 11.2. The van der Waals surface area contributed by atoms with Crippen molar-refractivity contribution in [1.29, 1.82) is 0 Å². The minimum Gasteiger partial charge on any atom is -0.454 e. The average molecular weight is 379 g/mol. The van der Waals surface area contributed by atoms with Crippen LogP contribution in [0.4, 0.5) is 11.4 Å². The van der Waals surface area contributed by atoms with Gasteiger partial charge < -0.3 is 10.5 Å². The molecule has 7 heteroatoms. The number of benzene rings is 2. The second-order valence-electron chi connectivity index (χ2n) is 6.03. The number of nitro benzene ring substituents is 1. The summed E-state index contributed by atoms with van der Waals surface area (Å²) in [6.07, 6.45) is 5.95. The van der Waals surface area contributed by atoms with E-state index in [1.165, 1.54) is 25.3 Å². The lowest BCUT2D eigenvalue weighted by Crippen LogP contribution is -2.08. The Hall–Kier alpha value is -1.92. The molecule has 2 aromatic carbocycles. The molecule has 2 aromatic rings. The van der Waals surface area contributed by atoms with E-state index in [0.717, 1.165) is 17.7 Å². The molecule has 0 amide bonds. The first-order chi connectivity index (χ1) is 12.0. The number of nitrogens with zero attached hydrogens (tertiary/aromatic N) is 1. The first-order valence-corrected chi connectivity index (χ1v) is 9.47. The van der Waals surface area contributed by atoms with Gasteiger partial charge in [-0.15, -0.1) is 11.8 Å². The number of para-hydroxylation sites is 1. The minimum atomic E-state index is -0.496. The molecule has 5 nitrogen and oxygen atoms in total. The zero-order chi connectivity index (χ0) is 17.8. The van der Waals surface area contributed by atoms with Crippen LogP contribution in [-0.4, -0.2) is 10.2 Å². The van der Waals surface area contributed by atoms with Crippen molar-refractivity contribution in [2.24, 2.45) is 0 Å². The quantitative estimate of drug-likeness (QED) is 0.389. The van der Waals surface area contributed by atoms with Crippen molar-refractivity contribution in [2.75, 3.05) is 5.73 Å². The van der Waals surface area contributed by atoms with Gasteiger partial charge in [0.2, 0.25) is 0 Å². The summed E-state index contributed by atoms with van der Waals surface area (Å²) in [5.41, 5.74) is 5.87. The Morgan fingerprint density at radius 3 is 2.56 bits per heavy atom. The van der Waals surface area contributed by atoms with Gasteiger partial charge in [-0.3, -0.25) is 10.1 Å². The second kappa shape index (κ2) is 7.97. The van der Waals surface area contributed by atoms with Gasteiger partial charge in [0.25, 0.3) is 5.69 Å². The van der Waals surface area contributed by atoms with Crippen LogP contribution in [0.3, 0.4) is 0 Å². The number of nitro groups is 1. The molecule has 1 fully saturated rings. The summed E-state index contributed by atoms with van der Waals surface area (Å²) in [4.78, 5) is 11.6. The highest BCUT2D eigenvalue weighted by atomic mass is 35.5. The molecule has 2 N–H and O–H groups in total. The molecule has 0 bridgehead atoms. The predicted octanol–water partition coefficient (Wildman–Crippen LogP) is 6.05. The van der Waals surface area contributed by atoms with Crippen LogP contribution in [-0.2, 0) is 0 Å². The number of ether oxygens (including phenoxy) is 1. The van der Waals surface area contributed by atoms with Crippen molar-refractivity contribution in [1.82, 2.24) is 0 Å². The van der Waals surface area contributed by atoms with E-state index < -0.39 is 4.92 Å². The lowest BCUT2D eigenvalue weighted by Gasteiger charge is -2.22. The van der Waals surface area contributed by atoms with E-state index in [1.807, 2.05) is 0 Å². The molecule has 3 rings (SSSR count). The van der Waals surface area contributed by atoms with Crippen molar-refractivity contribution in [3.8, 4) is 11.5 Å². The monoisotopic (exact) mass is 378 g/mol. The number of anilines is 1. The van der Waals surface area contributed by atoms with E-state index in [4.69, 9.17) is 22.1 Å². The number of hydrogen-bond donors (Lipinski definition) is 1. The zero-order valence-electron chi connectivity index (χ0n) is 13.6. The third-order valence-electron chi connectivity index (χ3n) is 4.19. The summed E-state index contributed by atoms with van der Waals surface area (Å²) < 4.78 is 5.91. The molecule has 25 heavy (non-hydrogen) atoms. The molecule has 0 aromatic heterocycles. The van der Waals surface area contributed by atoms with Gasteiger partial charge in [0, 0.05) is 5.25 Å². The highest BCUT2D eigenvalue weighted by Gasteiger charge is 2.22. The molecule has 1 aliphatic rings. The molecule has 1 saturated carbocycles. The second-order valence-corrected chi connectivity index (χ2v) is 7.77. The van der Waals surface area contributed by atoms with Gasteiger partial charge in [-0.05, 0) is 31.0 Å². The van der Waals surface area contributed by atoms with Crippen molar-refractivity contribution in [2.45, 2.75) is 42.2 Å². The summed E-state index contributed by atoms with van der Waals surface area (Å²) in [6, 6.07) is 10.1. The maximum absolute atomic E-state index is 11.2. The molecule has 1 aliphatic carbocycles. The molecular weight excluding hydrogens is 360 g/mol. The van der Waals surface area contributed by atoms with E-state index in [1.54, 1.807) is 42.1 Å². The van der Waals surface area contributed by atoms with Gasteiger partial charge in [-0.25, -0.2) is 0 Å². The average Bonchev–Trinajstić information content (AvgIpc) is 2.59. The summed E-state index contributed by atoms with van der Waals surface area (Å²) in [6.45, 7) is 0. The van der Waals surface area contributed by atoms with Gasteiger partial charge >= 0.3 is 0 Å². The standard InChI is InChI=1S/C18H19ClN2O3S/c19-13-8-4-5-9-16(13)24-17-11-15(21(22)23)14(20)10-18(17)25-12-6-2-1-3-7-12/h4-5,8-12H,1-3,6-7,20H2. The fraction of sp³-hybridized carbons (Fsp3) is 0.333. The third-order valence-corrected chi connectivity index (χ3v) is 5.88. The van der Waals surface area contributed by atoms with E-state index in [-0.39, 0.29) is 11.4 Å². The largest absolute Gasteiger partial charge is 0.454 e. The van der Waals surface area contributed by atoms with Crippen molar-refractivity contribution in [3.05, 3.63) is 51.5 Å². The van der Waals surface area contributed by atoms with Crippen LogP contribution in [0.1, 0.15) is 32.1 Å². The van der Waals surface area contributed by atoms with Gasteiger partial charge in [0.1, 0.15) is 17.2 Å². The Morgan fingerprint density at radius 2 is 1.88 bits per heavy atom. The fourth-order valence-electron chi connectivity index (χ4n) is 2.90. The smallest absolute Gasteiger partial charge is 0.295 e. The number of rotatable bonds is 5. The van der Waals surface area contributed by atoms with E-state index >= 15 is 0 Å². The zero-order valence-corrected chi connectivity index (χ0v) is 15.2. The third kappa shape index (κ3) is 4.38. The van der Waals surface area contributed by atoms with Crippen molar-refractivity contribution >= 4 is 34.7 Å².